The summed E-state index contributed by atoms with van der Waals surface area (Å²) >= 11 is 1.08. The summed E-state index contributed by atoms with van der Waals surface area (Å²) in [6, 6.07) is 11.4. The standard InChI is InChI=1S/C16H17O6PS/c17-13(18)9-8-12(16(19)20)15(11-5-2-1-3-6-11)23(21,22)14-7-4-10-24-14/h1-7,10,12,15H,8-9H2,(H,17,18)(H,19,20)(H,21,22). The Morgan fingerprint density at radius 1 is 1.08 bits per heavy atom. The van der Waals surface area contributed by atoms with Crippen molar-refractivity contribution in [3.05, 3.63) is 53.4 Å². The van der Waals surface area contributed by atoms with Crippen LogP contribution in [0.15, 0.2) is 47.8 Å². The van der Waals surface area contributed by atoms with Crippen molar-refractivity contribution >= 4 is 35.3 Å². The number of thiophene rings is 1. The van der Waals surface area contributed by atoms with Crippen LogP contribution in [0.2, 0.25) is 0 Å². The molecule has 0 spiro atoms. The monoisotopic (exact) mass is 368 g/mol. The molecule has 3 unspecified atom stereocenters. The van der Waals surface area contributed by atoms with Gasteiger partial charge in [-0.05, 0) is 23.4 Å². The van der Waals surface area contributed by atoms with Gasteiger partial charge >= 0.3 is 11.9 Å². The van der Waals surface area contributed by atoms with Crippen molar-refractivity contribution in [2.75, 3.05) is 0 Å². The number of rotatable bonds is 8. The van der Waals surface area contributed by atoms with Gasteiger partial charge in [0.2, 0.25) is 7.37 Å². The minimum absolute atomic E-state index is 0.206. The summed E-state index contributed by atoms with van der Waals surface area (Å²) in [5.74, 6) is -3.70. The van der Waals surface area contributed by atoms with Gasteiger partial charge in [0.15, 0.2) is 0 Å². The molecule has 0 fully saturated rings. The highest BCUT2D eigenvalue weighted by atomic mass is 32.1. The molecule has 24 heavy (non-hydrogen) atoms. The van der Waals surface area contributed by atoms with Crippen LogP contribution in [0, 0.1) is 5.92 Å². The molecule has 2 aromatic rings. The number of carboxylic acid groups (broad SMARTS) is 2. The summed E-state index contributed by atoms with van der Waals surface area (Å²) in [5, 5.41) is 20.1. The lowest BCUT2D eigenvalue weighted by molar-refractivity contribution is -0.143. The van der Waals surface area contributed by atoms with Gasteiger partial charge in [-0.2, -0.15) is 0 Å². The van der Waals surface area contributed by atoms with Crippen LogP contribution in [0.4, 0.5) is 0 Å². The third-order valence-corrected chi connectivity index (χ3v) is 7.67. The molecule has 1 aromatic carbocycles. The van der Waals surface area contributed by atoms with Crippen molar-refractivity contribution in [2.45, 2.75) is 18.5 Å². The predicted octanol–water partition coefficient (Wildman–Crippen LogP) is 2.95. The van der Waals surface area contributed by atoms with Gasteiger partial charge in [0.25, 0.3) is 0 Å². The lowest BCUT2D eigenvalue weighted by Crippen LogP contribution is -2.25. The lowest BCUT2D eigenvalue weighted by atomic mass is 9.94. The van der Waals surface area contributed by atoms with Gasteiger partial charge in [-0.1, -0.05) is 36.4 Å². The van der Waals surface area contributed by atoms with Gasteiger partial charge in [0.05, 0.1) is 16.2 Å². The van der Waals surface area contributed by atoms with Crippen molar-refractivity contribution < 1.29 is 29.3 Å². The largest absolute Gasteiger partial charge is 0.481 e. The average Bonchev–Trinajstić information content (AvgIpc) is 3.06. The van der Waals surface area contributed by atoms with E-state index in [-0.39, 0.29) is 17.5 Å². The van der Waals surface area contributed by atoms with E-state index < -0.39 is 30.9 Å². The third kappa shape index (κ3) is 4.12. The molecular weight excluding hydrogens is 351 g/mol. The number of hydrogen-bond acceptors (Lipinski definition) is 4. The molecule has 0 saturated carbocycles. The van der Waals surface area contributed by atoms with Gasteiger partial charge in [-0.15, -0.1) is 11.3 Å². The topological polar surface area (TPSA) is 112 Å². The first-order valence-corrected chi connectivity index (χ1v) is 9.81. The van der Waals surface area contributed by atoms with Crippen molar-refractivity contribution in [1.82, 2.24) is 0 Å². The Morgan fingerprint density at radius 3 is 2.25 bits per heavy atom. The van der Waals surface area contributed by atoms with Crippen molar-refractivity contribution in [1.29, 1.82) is 0 Å². The number of benzene rings is 1. The second kappa shape index (κ2) is 7.75. The van der Waals surface area contributed by atoms with Crippen LogP contribution in [0.25, 0.3) is 0 Å². The molecule has 128 valence electrons. The van der Waals surface area contributed by atoms with Crippen LogP contribution in [-0.2, 0) is 14.2 Å². The van der Waals surface area contributed by atoms with Gasteiger partial charge in [0.1, 0.15) is 0 Å². The summed E-state index contributed by atoms with van der Waals surface area (Å²) in [4.78, 5) is 33.3. The van der Waals surface area contributed by atoms with Crippen molar-refractivity contribution in [3.8, 4) is 0 Å². The minimum atomic E-state index is -4.05. The SMILES string of the molecule is O=C(O)CCC(C(=O)O)C(c1ccccc1)P(=O)(O)c1cccs1. The van der Waals surface area contributed by atoms with Crippen LogP contribution >= 0.6 is 18.7 Å². The van der Waals surface area contributed by atoms with E-state index in [0.29, 0.717) is 5.56 Å². The van der Waals surface area contributed by atoms with Crippen LogP contribution in [-0.4, -0.2) is 27.0 Å². The highest BCUT2D eigenvalue weighted by Crippen LogP contribution is 2.59. The molecule has 0 aliphatic heterocycles. The maximum atomic E-state index is 13.1. The number of carboxylic acids is 2. The third-order valence-electron chi connectivity index (χ3n) is 3.71. The van der Waals surface area contributed by atoms with E-state index in [4.69, 9.17) is 5.11 Å². The molecule has 0 radical (unpaired) electrons. The van der Waals surface area contributed by atoms with Gasteiger partial charge < -0.3 is 15.1 Å². The van der Waals surface area contributed by atoms with E-state index in [1.165, 1.54) is 6.07 Å². The van der Waals surface area contributed by atoms with E-state index in [1.54, 1.807) is 41.8 Å². The number of aliphatic carboxylic acids is 2. The molecule has 2 rings (SSSR count). The molecule has 3 N–H and O–H groups in total. The van der Waals surface area contributed by atoms with Crippen molar-refractivity contribution in [2.24, 2.45) is 5.92 Å². The zero-order valence-corrected chi connectivity index (χ0v) is 14.3. The van der Waals surface area contributed by atoms with Gasteiger partial charge in [-0.25, -0.2) is 0 Å². The quantitative estimate of drug-likeness (QED) is 0.618. The summed E-state index contributed by atoms with van der Waals surface area (Å²) in [6.07, 6.45) is -0.606. The Hall–Kier alpha value is -1.95. The molecule has 0 aliphatic rings. The first kappa shape index (κ1) is 18.4. The highest BCUT2D eigenvalue weighted by Gasteiger charge is 2.43. The summed E-state index contributed by atoms with van der Waals surface area (Å²) in [7, 11) is -4.05. The molecule has 3 atom stereocenters. The Labute approximate surface area is 142 Å². The molecular formula is C16H17O6PS. The van der Waals surface area contributed by atoms with Crippen LogP contribution in [0.1, 0.15) is 24.1 Å². The maximum Gasteiger partial charge on any atom is 0.307 e. The molecule has 0 aliphatic carbocycles. The molecule has 8 heteroatoms. The number of hydrogen-bond donors (Lipinski definition) is 3. The van der Waals surface area contributed by atoms with E-state index >= 15 is 0 Å². The fraction of sp³-hybridized carbons (Fsp3) is 0.250. The fourth-order valence-electron chi connectivity index (χ4n) is 2.61. The molecule has 1 aromatic heterocycles. The first-order chi connectivity index (χ1) is 11.3. The first-order valence-electron chi connectivity index (χ1n) is 7.20. The van der Waals surface area contributed by atoms with Gasteiger partial charge in [-0.3, -0.25) is 14.2 Å². The Balaban J connectivity index is 2.51. The zero-order chi connectivity index (χ0) is 17.7. The zero-order valence-electron chi connectivity index (χ0n) is 12.6. The number of carbonyl (C=O) groups is 2. The Bertz CT molecular complexity index is 743. The average molecular weight is 368 g/mol. The summed E-state index contributed by atoms with van der Waals surface area (Å²) in [5.41, 5.74) is -0.788. The summed E-state index contributed by atoms with van der Waals surface area (Å²) in [6.45, 7) is 0. The second-order valence-corrected chi connectivity index (χ2v) is 8.84. The van der Waals surface area contributed by atoms with Crippen molar-refractivity contribution in [3.63, 3.8) is 0 Å². The lowest BCUT2D eigenvalue weighted by Gasteiger charge is -2.28. The second-order valence-electron chi connectivity index (χ2n) is 5.31. The highest BCUT2D eigenvalue weighted by molar-refractivity contribution is 7.72. The van der Waals surface area contributed by atoms with E-state index in [1.807, 2.05) is 0 Å². The summed E-state index contributed by atoms with van der Waals surface area (Å²) < 4.78 is 13.3. The van der Waals surface area contributed by atoms with E-state index in [2.05, 4.69) is 0 Å². The Kier molecular flexibility index (Phi) is 5.94. The minimum Gasteiger partial charge on any atom is -0.481 e. The molecule has 0 amide bonds. The predicted molar refractivity (Wildman–Crippen MR) is 91.0 cm³/mol. The van der Waals surface area contributed by atoms with E-state index in [9.17, 15) is 24.2 Å². The van der Waals surface area contributed by atoms with E-state index in [0.717, 1.165) is 11.3 Å². The molecule has 1 heterocycles. The smallest absolute Gasteiger partial charge is 0.307 e. The van der Waals surface area contributed by atoms with Crippen LogP contribution < -0.4 is 4.62 Å². The fourth-order valence-corrected chi connectivity index (χ4v) is 6.11. The molecule has 6 nitrogen and oxygen atoms in total. The molecule has 0 bridgehead atoms. The maximum absolute atomic E-state index is 13.1. The Morgan fingerprint density at radius 2 is 1.75 bits per heavy atom. The van der Waals surface area contributed by atoms with Gasteiger partial charge in [0, 0.05) is 6.42 Å². The molecule has 0 saturated heterocycles. The normalized spacial score (nSPS) is 16.0. The van der Waals surface area contributed by atoms with Crippen LogP contribution in [0.3, 0.4) is 0 Å². The van der Waals surface area contributed by atoms with Crippen LogP contribution in [0.5, 0.6) is 0 Å².